The van der Waals surface area contributed by atoms with Crippen LogP contribution in [-0.4, -0.2) is 71.6 Å². The van der Waals surface area contributed by atoms with Crippen LogP contribution >= 0.6 is 35.3 Å². The first-order valence-electron chi connectivity index (χ1n) is 15.7. The normalized spacial score (nSPS) is 12.2. The number of hydrogen-bond donors (Lipinski definition) is 4. The second-order valence-corrected chi connectivity index (χ2v) is 14.4. The molecule has 0 saturated carbocycles. The Morgan fingerprint density at radius 2 is 1.27 bits per heavy atom. The zero-order valence-corrected chi connectivity index (χ0v) is 31.6. The summed E-state index contributed by atoms with van der Waals surface area (Å²) in [5.41, 5.74) is 15.8. The summed E-state index contributed by atoms with van der Waals surface area (Å²) in [5.74, 6) is -2.09. The molecule has 12 nitrogen and oxygen atoms in total. The summed E-state index contributed by atoms with van der Waals surface area (Å²) in [6.45, 7) is 0. The van der Waals surface area contributed by atoms with Gasteiger partial charge in [0.05, 0.1) is 20.7 Å². The number of aromatic nitrogens is 3. The molecule has 3 heterocycles. The van der Waals surface area contributed by atoms with Crippen LogP contribution in [0, 0.1) is 10.1 Å². The number of hydrogen-bond acceptors (Lipinski definition) is 9. The summed E-state index contributed by atoms with van der Waals surface area (Å²) in [7, 11) is 5.79. The zero-order chi connectivity index (χ0) is 37.6. The summed E-state index contributed by atoms with van der Waals surface area (Å²) in [6.07, 6.45) is 12.0. The first kappa shape index (κ1) is 39.4. The maximum Gasteiger partial charge on any atom is 0.320 e. The number of nitro benzene ring substituents is 1. The molecule has 270 valence electrons. The predicted molar refractivity (Wildman–Crippen MR) is 209 cm³/mol. The molecule has 3 aromatic heterocycles. The van der Waals surface area contributed by atoms with Gasteiger partial charge in [-0.3, -0.25) is 19.7 Å². The van der Waals surface area contributed by atoms with Gasteiger partial charge >= 0.3 is 11.9 Å². The Morgan fingerprint density at radius 1 is 0.745 bits per heavy atom. The fraction of sp³-hybridized carbons (Fsp3) is 0.278. The molecule has 0 spiro atoms. The second-order valence-electron chi connectivity index (χ2n) is 11.8. The Balaban J connectivity index is 0.000000177. The van der Waals surface area contributed by atoms with E-state index in [4.69, 9.17) is 21.7 Å². The van der Waals surface area contributed by atoms with E-state index >= 15 is 0 Å². The Hall–Kier alpha value is -4.41. The number of nitro groups is 1. The van der Waals surface area contributed by atoms with Gasteiger partial charge in [-0.05, 0) is 84.5 Å². The molecule has 2 atom stereocenters. The van der Waals surface area contributed by atoms with Crippen molar-refractivity contribution in [1.29, 1.82) is 0 Å². The van der Waals surface area contributed by atoms with Gasteiger partial charge in [-0.25, -0.2) is 0 Å². The third-order valence-corrected chi connectivity index (χ3v) is 10.7. The van der Waals surface area contributed by atoms with Gasteiger partial charge in [0.25, 0.3) is 5.69 Å². The highest BCUT2D eigenvalue weighted by Crippen LogP contribution is 2.38. The molecule has 0 aliphatic heterocycles. The highest BCUT2D eigenvalue weighted by molar-refractivity contribution is 7.99. The van der Waals surface area contributed by atoms with E-state index in [-0.39, 0.29) is 12.1 Å². The van der Waals surface area contributed by atoms with Crippen molar-refractivity contribution < 1.29 is 24.7 Å². The van der Waals surface area contributed by atoms with Crippen molar-refractivity contribution in [3.8, 4) is 0 Å². The molecule has 6 aromatic rings. The maximum absolute atomic E-state index is 11.4. The van der Waals surface area contributed by atoms with E-state index in [1.165, 1.54) is 32.5 Å². The minimum atomic E-state index is -1.13. The van der Waals surface area contributed by atoms with Crippen molar-refractivity contribution >= 4 is 85.6 Å². The molecule has 6 rings (SSSR count). The number of aliphatic carboxylic acids is 2. The zero-order valence-electron chi connectivity index (χ0n) is 29.2. The number of carboxylic acid groups (broad SMARTS) is 2. The summed E-state index contributed by atoms with van der Waals surface area (Å²) < 4.78 is 5.89. The van der Waals surface area contributed by atoms with Gasteiger partial charge in [0.2, 0.25) is 0 Å². The quantitative estimate of drug-likeness (QED) is 0.0679. The molecule has 0 aliphatic rings. The fourth-order valence-corrected chi connectivity index (χ4v) is 7.28. The topological polar surface area (TPSA) is 185 Å². The predicted octanol–water partition coefficient (Wildman–Crippen LogP) is 6.52. The molecule has 0 radical (unpaired) electrons. The Labute approximate surface area is 308 Å². The van der Waals surface area contributed by atoms with Gasteiger partial charge in [0.15, 0.2) is 0 Å². The van der Waals surface area contributed by atoms with Crippen molar-refractivity contribution in [3.63, 3.8) is 0 Å². The van der Waals surface area contributed by atoms with E-state index in [0.29, 0.717) is 27.8 Å². The Bertz CT molecular complexity index is 2210. The Morgan fingerprint density at radius 3 is 1.84 bits per heavy atom. The minimum Gasteiger partial charge on any atom is -0.480 e. The van der Waals surface area contributed by atoms with Crippen LogP contribution in [0.4, 0.5) is 5.69 Å². The van der Waals surface area contributed by atoms with Crippen molar-refractivity contribution in [2.24, 2.45) is 32.6 Å². The molecule has 0 aliphatic carbocycles. The van der Waals surface area contributed by atoms with Crippen LogP contribution in [0.25, 0.3) is 32.7 Å². The molecular weight excluding hydrogens is 709 g/mol. The molecule has 0 amide bonds. The largest absolute Gasteiger partial charge is 0.480 e. The van der Waals surface area contributed by atoms with Crippen LogP contribution < -0.4 is 11.5 Å². The molecule has 15 heteroatoms. The third-order valence-electron chi connectivity index (χ3n) is 8.46. The lowest BCUT2D eigenvalue weighted by Gasteiger charge is -2.06. The number of carbonyl (C=O) groups is 2. The van der Waals surface area contributed by atoms with E-state index in [9.17, 15) is 19.7 Å². The van der Waals surface area contributed by atoms with Crippen LogP contribution in [-0.2, 0) is 43.6 Å². The van der Waals surface area contributed by atoms with Gasteiger partial charge < -0.3 is 35.4 Å². The number of fused-ring (bicyclic) bond motifs is 3. The van der Waals surface area contributed by atoms with Gasteiger partial charge in [-0.2, -0.15) is 0 Å². The van der Waals surface area contributed by atoms with Crippen molar-refractivity contribution in [2.75, 3.05) is 18.8 Å². The van der Waals surface area contributed by atoms with Gasteiger partial charge in [0, 0.05) is 84.2 Å². The van der Waals surface area contributed by atoms with E-state index < -0.39 is 28.9 Å². The average Bonchev–Trinajstić information content (AvgIpc) is 3.75. The van der Waals surface area contributed by atoms with Gasteiger partial charge in [0.1, 0.15) is 12.1 Å². The molecule has 0 bridgehead atoms. The summed E-state index contributed by atoms with van der Waals surface area (Å²) >= 11 is 4.74. The van der Waals surface area contributed by atoms with E-state index in [2.05, 4.69) is 66.5 Å². The number of rotatable bonds is 10. The standard InChI is InChI=1S/C13H15N3O4S.C13H16N2O2S.C10H11NS/c1-15-6-7(5-8(14)13(17)18)11-9(15)3-4-10(21-2)12(11)16(19)20;1-15-7-8(5-11(14)13(16)17)10-6-9(18-2)3-4-12(10)15;1-11-6-5-8-7-9(12-2)3-4-10(8)11/h3-4,6,8H,5,14H2,1-2H3,(H,17,18);3-4,6-7,11H,5,14H2,1-2H3,(H,16,17);3-7H,1-2H3. The number of nitrogens with zero attached hydrogens (tertiary/aromatic N) is 4. The van der Waals surface area contributed by atoms with Crippen LogP contribution in [0.5, 0.6) is 0 Å². The molecule has 0 saturated heterocycles. The first-order chi connectivity index (χ1) is 24.2. The molecule has 0 fully saturated rings. The van der Waals surface area contributed by atoms with Gasteiger partial charge in [-0.15, -0.1) is 35.3 Å². The van der Waals surface area contributed by atoms with Crippen LogP contribution in [0.1, 0.15) is 11.1 Å². The van der Waals surface area contributed by atoms with Crippen molar-refractivity contribution in [1.82, 2.24) is 13.7 Å². The van der Waals surface area contributed by atoms with Crippen molar-refractivity contribution in [3.05, 3.63) is 94.4 Å². The van der Waals surface area contributed by atoms with E-state index in [1.54, 1.807) is 59.7 Å². The Kier molecular flexibility index (Phi) is 13.3. The molecule has 51 heavy (non-hydrogen) atoms. The lowest BCUT2D eigenvalue weighted by Crippen LogP contribution is -2.32. The lowest BCUT2D eigenvalue weighted by atomic mass is 10.0. The summed E-state index contributed by atoms with van der Waals surface area (Å²) in [4.78, 5) is 35.8. The summed E-state index contributed by atoms with van der Waals surface area (Å²) in [6, 6.07) is 16.5. The number of benzene rings is 3. The van der Waals surface area contributed by atoms with Gasteiger partial charge in [-0.1, -0.05) is 0 Å². The second kappa shape index (κ2) is 17.2. The lowest BCUT2D eigenvalue weighted by molar-refractivity contribution is -0.385. The van der Waals surface area contributed by atoms with Crippen molar-refractivity contribution in [2.45, 2.75) is 39.6 Å². The summed E-state index contributed by atoms with van der Waals surface area (Å²) in [5, 5.41) is 32.1. The van der Waals surface area contributed by atoms with Crippen LogP contribution in [0.2, 0.25) is 0 Å². The highest BCUT2D eigenvalue weighted by atomic mass is 32.2. The molecular formula is C36H42N6O6S3. The molecule has 2 unspecified atom stereocenters. The minimum absolute atomic E-state index is 0.00758. The van der Waals surface area contributed by atoms with E-state index in [0.717, 1.165) is 16.5 Å². The van der Waals surface area contributed by atoms with Crippen LogP contribution in [0.3, 0.4) is 0 Å². The fourth-order valence-electron chi connectivity index (χ4n) is 5.82. The van der Waals surface area contributed by atoms with E-state index in [1.807, 2.05) is 24.1 Å². The number of aryl methyl sites for hydroxylation is 3. The number of carboxylic acids is 2. The maximum atomic E-state index is 11.4. The number of thioether (sulfide) groups is 3. The monoisotopic (exact) mass is 750 g/mol. The molecule has 3 aromatic carbocycles. The number of nitrogens with two attached hydrogens (primary N) is 2. The smallest absolute Gasteiger partial charge is 0.320 e. The SMILES string of the molecule is CSc1ccc2c(c(CC(N)C(=O)O)cn2C)c1[N+](=O)[O-].CSc1ccc2c(c1)c(CC(N)C(=O)O)cn2C.CSc1ccc2c(ccn2C)c1. The molecule has 6 N–H and O–H groups in total. The average molecular weight is 751 g/mol. The highest BCUT2D eigenvalue weighted by Gasteiger charge is 2.25. The first-order valence-corrected chi connectivity index (χ1v) is 19.3. The van der Waals surface area contributed by atoms with Crippen LogP contribution in [0.15, 0.2) is 87.9 Å². The third kappa shape index (κ3) is 9.10.